The second kappa shape index (κ2) is 7.11. The Morgan fingerprint density at radius 1 is 1.29 bits per heavy atom. The molecular formula is C12H21N3S2. The maximum atomic E-state index is 4.53. The number of anilines is 1. The van der Waals surface area contributed by atoms with Crippen molar-refractivity contribution in [3.63, 3.8) is 0 Å². The van der Waals surface area contributed by atoms with Crippen molar-refractivity contribution < 1.29 is 0 Å². The Labute approximate surface area is 113 Å². The lowest BCUT2D eigenvalue weighted by Crippen LogP contribution is -2.07. The van der Waals surface area contributed by atoms with Crippen LogP contribution < -0.4 is 5.32 Å². The Kier molecular flexibility index (Phi) is 6.12. The molecule has 0 spiro atoms. The van der Waals surface area contributed by atoms with Crippen molar-refractivity contribution in [3.05, 3.63) is 6.07 Å². The number of rotatable bonds is 6. The Balaban J connectivity index is 2.86. The van der Waals surface area contributed by atoms with Gasteiger partial charge in [0.2, 0.25) is 0 Å². The van der Waals surface area contributed by atoms with Crippen LogP contribution in [-0.2, 0) is 0 Å². The molecule has 0 aliphatic rings. The van der Waals surface area contributed by atoms with Gasteiger partial charge >= 0.3 is 0 Å². The van der Waals surface area contributed by atoms with Gasteiger partial charge < -0.3 is 5.32 Å². The van der Waals surface area contributed by atoms with Gasteiger partial charge in [-0.05, 0) is 19.1 Å². The quantitative estimate of drug-likeness (QED) is 0.484. The monoisotopic (exact) mass is 271 g/mol. The van der Waals surface area contributed by atoms with E-state index in [0.29, 0.717) is 11.2 Å². The largest absolute Gasteiger partial charge is 0.370 e. The number of nitrogens with zero attached hydrogens (tertiary/aromatic N) is 2. The number of hydrogen-bond donors (Lipinski definition) is 1. The van der Waals surface area contributed by atoms with E-state index in [2.05, 4.69) is 43.0 Å². The summed E-state index contributed by atoms with van der Waals surface area (Å²) in [5, 5.41) is 5.70. The molecule has 1 aromatic heterocycles. The molecule has 0 radical (unpaired) electrons. The Bertz CT molecular complexity index is 356. The molecule has 1 aromatic rings. The Morgan fingerprint density at radius 2 is 2.00 bits per heavy atom. The van der Waals surface area contributed by atoms with E-state index >= 15 is 0 Å². The first-order chi connectivity index (χ1) is 8.06. The predicted molar refractivity (Wildman–Crippen MR) is 78.1 cm³/mol. The van der Waals surface area contributed by atoms with Crippen LogP contribution in [0.3, 0.4) is 0 Å². The van der Waals surface area contributed by atoms with E-state index in [1.165, 1.54) is 0 Å². The second-order valence-electron chi connectivity index (χ2n) is 4.18. The molecule has 96 valence electrons. The number of thioether (sulfide) groups is 2. The van der Waals surface area contributed by atoms with Crippen LogP contribution in [0.5, 0.6) is 0 Å². The first-order valence-electron chi connectivity index (χ1n) is 5.90. The maximum absolute atomic E-state index is 4.53. The van der Waals surface area contributed by atoms with Crippen molar-refractivity contribution in [2.75, 3.05) is 18.1 Å². The molecule has 1 rings (SSSR count). The van der Waals surface area contributed by atoms with Crippen molar-refractivity contribution in [2.45, 2.75) is 43.1 Å². The first kappa shape index (κ1) is 14.6. The van der Waals surface area contributed by atoms with E-state index in [1.807, 2.05) is 24.1 Å². The molecule has 0 amide bonds. The van der Waals surface area contributed by atoms with Crippen LogP contribution in [0.4, 0.5) is 5.82 Å². The number of nitrogens with one attached hydrogen (secondary N) is 1. The lowest BCUT2D eigenvalue weighted by molar-refractivity contribution is 0.641. The van der Waals surface area contributed by atoms with Gasteiger partial charge in [0.15, 0.2) is 5.16 Å². The minimum atomic E-state index is 0.564. The van der Waals surface area contributed by atoms with E-state index in [-0.39, 0.29) is 0 Å². The normalized spacial score (nSPS) is 12.8. The zero-order chi connectivity index (χ0) is 12.8. The summed E-state index contributed by atoms with van der Waals surface area (Å²) in [5.74, 6) is 1.57. The molecule has 0 bridgehead atoms. The summed E-state index contributed by atoms with van der Waals surface area (Å²) in [7, 11) is 0. The molecule has 1 atom stereocenters. The molecule has 1 N–H and O–H groups in total. The van der Waals surface area contributed by atoms with E-state index in [4.69, 9.17) is 0 Å². The zero-order valence-electron chi connectivity index (χ0n) is 11.2. The standard InChI is InChI=1S/C12H21N3S2/c1-6-13-10-7-11(15-12(14-10)16-5)17-9(4)8(2)3/h7-9H,6H2,1-5H3,(H,13,14,15). The molecule has 3 nitrogen and oxygen atoms in total. The highest BCUT2D eigenvalue weighted by Gasteiger charge is 2.11. The van der Waals surface area contributed by atoms with Gasteiger partial charge in [-0.2, -0.15) is 0 Å². The van der Waals surface area contributed by atoms with Gasteiger partial charge in [-0.25, -0.2) is 9.97 Å². The van der Waals surface area contributed by atoms with Crippen LogP contribution in [0.15, 0.2) is 16.2 Å². The van der Waals surface area contributed by atoms with Gasteiger partial charge in [0.1, 0.15) is 10.8 Å². The fourth-order valence-corrected chi connectivity index (χ4v) is 2.56. The smallest absolute Gasteiger partial charge is 0.190 e. The highest BCUT2D eigenvalue weighted by atomic mass is 32.2. The highest BCUT2D eigenvalue weighted by molar-refractivity contribution is 8.00. The van der Waals surface area contributed by atoms with Crippen LogP contribution in [0.1, 0.15) is 27.7 Å². The molecule has 0 saturated carbocycles. The van der Waals surface area contributed by atoms with Crippen LogP contribution >= 0.6 is 23.5 Å². The molecule has 0 aliphatic carbocycles. The minimum absolute atomic E-state index is 0.564. The zero-order valence-corrected chi connectivity index (χ0v) is 12.8. The van der Waals surface area contributed by atoms with E-state index in [1.54, 1.807) is 11.8 Å². The van der Waals surface area contributed by atoms with E-state index in [0.717, 1.165) is 22.5 Å². The molecule has 0 fully saturated rings. The second-order valence-corrected chi connectivity index (χ2v) is 6.35. The Morgan fingerprint density at radius 3 is 2.53 bits per heavy atom. The van der Waals surface area contributed by atoms with Crippen molar-refractivity contribution in [2.24, 2.45) is 5.92 Å². The topological polar surface area (TPSA) is 37.8 Å². The molecular weight excluding hydrogens is 250 g/mol. The van der Waals surface area contributed by atoms with Gasteiger partial charge in [0.05, 0.1) is 0 Å². The van der Waals surface area contributed by atoms with Crippen molar-refractivity contribution >= 4 is 29.3 Å². The third-order valence-corrected chi connectivity index (χ3v) is 4.38. The van der Waals surface area contributed by atoms with Crippen LogP contribution in [0, 0.1) is 5.92 Å². The molecule has 1 unspecified atom stereocenters. The lowest BCUT2D eigenvalue weighted by Gasteiger charge is -2.15. The highest BCUT2D eigenvalue weighted by Crippen LogP contribution is 2.28. The third kappa shape index (κ3) is 4.76. The summed E-state index contributed by atoms with van der Waals surface area (Å²) in [6.45, 7) is 9.67. The third-order valence-electron chi connectivity index (χ3n) is 2.47. The molecule has 1 heterocycles. The molecule has 0 aliphatic heterocycles. The van der Waals surface area contributed by atoms with Gasteiger partial charge in [0, 0.05) is 17.9 Å². The van der Waals surface area contributed by atoms with Crippen molar-refractivity contribution in [3.8, 4) is 0 Å². The maximum Gasteiger partial charge on any atom is 0.190 e. The fraction of sp³-hybridized carbons (Fsp3) is 0.667. The SMILES string of the molecule is CCNc1cc(SC(C)C(C)C)nc(SC)n1. The molecule has 0 saturated heterocycles. The van der Waals surface area contributed by atoms with Crippen molar-refractivity contribution in [1.82, 2.24) is 9.97 Å². The van der Waals surface area contributed by atoms with E-state index in [9.17, 15) is 0 Å². The predicted octanol–water partition coefficient (Wildman–Crippen LogP) is 3.77. The summed E-state index contributed by atoms with van der Waals surface area (Å²) in [6.07, 6.45) is 2.01. The molecule has 17 heavy (non-hydrogen) atoms. The average Bonchev–Trinajstić information content (AvgIpc) is 2.28. The number of aromatic nitrogens is 2. The van der Waals surface area contributed by atoms with Gasteiger partial charge in [-0.3, -0.25) is 0 Å². The van der Waals surface area contributed by atoms with Crippen LogP contribution in [0.25, 0.3) is 0 Å². The Hall–Kier alpha value is -0.420. The molecule has 0 aromatic carbocycles. The summed E-state index contributed by atoms with van der Waals surface area (Å²) in [4.78, 5) is 8.95. The van der Waals surface area contributed by atoms with Crippen LogP contribution in [0.2, 0.25) is 0 Å². The number of hydrogen-bond acceptors (Lipinski definition) is 5. The van der Waals surface area contributed by atoms with Gasteiger partial charge in [-0.1, -0.05) is 32.5 Å². The summed E-state index contributed by atoms with van der Waals surface area (Å²) >= 11 is 3.40. The van der Waals surface area contributed by atoms with Gasteiger partial charge in [0.25, 0.3) is 0 Å². The molecule has 5 heteroatoms. The lowest BCUT2D eigenvalue weighted by atomic mass is 10.2. The minimum Gasteiger partial charge on any atom is -0.370 e. The van der Waals surface area contributed by atoms with Crippen LogP contribution in [-0.4, -0.2) is 28.0 Å². The fourth-order valence-electron chi connectivity index (χ4n) is 1.15. The summed E-state index contributed by atoms with van der Waals surface area (Å²) < 4.78 is 0. The van der Waals surface area contributed by atoms with E-state index < -0.39 is 0 Å². The summed E-state index contributed by atoms with van der Waals surface area (Å²) in [5.41, 5.74) is 0. The first-order valence-corrected chi connectivity index (χ1v) is 8.00. The average molecular weight is 271 g/mol. The van der Waals surface area contributed by atoms with Crippen molar-refractivity contribution in [1.29, 1.82) is 0 Å². The summed E-state index contributed by atoms with van der Waals surface area (Å²) in [6, 6.07) is 2.03. The van der Waals surface area contributed by atoms with Gasteiger partial charge in [-0.15, -0.1) is 11.8 Å².